The Balaban J connectivity index is 1.57. The van der Waals surface area contributed by atoms with Gasteiger partial charge in [-0.15, -0.1) is 0 Å². The highest BCUT2D eigenvalue weighted by molar-refractivity contribution is 5.81. The Bertz CT molecular complexity index is 593. The second-order valence-electron chi connectivity index (χ2n) is 6.37. The van der Waals surface area contributed by atoms with Crippen molar-refractivity contribution >= 4 is 5.91 Å². The normalized spacial score (nSPS) is 22.8. The predicted molar refractivity (Wildman–Crippen MR) is 87.0 cm³/mol. The van der Waals surface area contributed by atoms with Crippen LogP contribution in [0.1, 0.15) is 31.7 Å². The van der Waals surface area contributed by atoms with E-state index in [1.165, 1.54) is 25.8 Å². The van der Waals surface area contributed by atoms with Crippen molar-refractivity contribution in [2.75, 3.05) is 26.2 Å². The minimum Gasteiger partial charge on any atom is -0.481 e. The van der Waals surface area contributed by atoms with Crippen molar-refractivity contribution in [1.29, 1.82) is 5.26 Å². The van der Waals surface area contributed by atoms with Crippen LogP contribution in [0.2, 0.25) is 0 Å². The van der Waals surface area contributed by atoms with Crippen LogP contribution in [0.25, 0.3) is 0 Å². The molecular formula is C18H23N3O2. The fraction of sp³-hybridized carbons (Fsp3) is 0.556. The molecule has 0 N–H and O–H groups in total. The molecule has 0 aromatic heterocycles. The van der Waals surface area contributed by atoms with Crippen molar-refractivity contribution in [3.8, 4) is 11.8 Å². The van der Waals surface area contributed by atoms with Crippen LogP contribution in [0, 0.1) is 11.3 Å². The molecule has 2 atom stereocenters. The molecule has 0 unspecified atom stereocenters. The van der Waals surface area contributed by atoms with Crippen LogP contribution in [0.15, 0.2) is 24.3 Å². The number of hydrogen-bond acceptors (Lipinski definition) is 4. The van der Waals surface area contributed by atoms with Gasteiger partial charge in [0.1, 0.15) is 5.75 Å². The number of carbonyl (C=O) groups is 1. The number of fused-ring (bicyclic) bond motifs is 1. The maximum atomic E-state index is 12.6. The first-order valence-electron chi connectivity index (χ1n) is 8.37. The largest absolute Gasteiger partial charge is 0.481 e. The molecule has 122 valence electrons. The summed E-state index contributed by atoms with van der Waals surface area (Å²) in [5.74, 6) is 0.681. The molecule has 2 heterocycles. The van der Waals surface area contributed by atoms with Crippen LogP contribution in [-0.2, 0) is 4.79 Å². The van der Waals surface area contributed by atoms with E-state index in [0.717, 1.165) is 19.6 Å². The summed E-state index contributed by atoms with van der Waals surface area (Å²) in [4.78, 5) is 17.1. The third-order valence-electron chi connectivity index (χ3n) is 4.79. The van der Waals surface area contributed by atoms with Crippen molar-refractivity contribution in [2.24, 2.45) is 0 Å². The van der Waals surface area contributed by atoms with E-state index >= 15 is 0 Å². The monoisotopic (exact) mass is 313 g/mol. The lowest BCUT2D eigenvalue weighted by Gasteiger charge is -2.44. The summed E-state index contributed by atoms with van der Waals surface area (Å²) in [6.07, 6.45) is 3.23. The molecule has 0 saturated carbocycles. The molecule has 3 rings (SSSR count). The number of piperidine rings is 1. The summed E-state index contributed by atoms with van der Waals surface area (Å²) in [5, 5.41) is 8.81. The van der Waals surface area contributed by atoms with E-state index in [1.54, 1.807) is 31.2 Å². The smallest absolute Gasteiger partial charge is 0.263 e. The second-order valence-corrected chi connectivity index (χ2v) is 6.37. The number of carbonyl (C=O) groups excluding carboxylic acids is 1. The molecule has 5 nitrogen and oxygen atoms in total. The number of benzene rings is 1. The minimum atomic E-state index is -0.502. The van der Waals surface area contributed by atoms with Crippen molar-refractivity contribution < 1.29 is 9.53 Å². The topological polar surface area (TPSA) is 56.6 Å². The van der Waals surface area contributed by atoms with E-state index < -0.39 is 6.10 Å². The van der Waals surface area contributed by atoms with Crippen molar-refractivity contribution in [2.45, 2.75) is 38.3 Å². The molecule has 1 aromatic rings. The van der Waals surface area contributed by atoms with Gasteiger partial charge in [0, 0.05) is 25.7 Å². The summed E-state index contributed by atoms with van der Waals surface area (Å²) >= 11 is 0. The van der Waals surface area contributed by atoms with E-state index in [0.29, 0.717) is 17.4 Å². The number of nitrogens with zero attached hydrogens (tertiary/aromatic N) is 3. The lowest BCUT2D eigenvalue weighted by Crippen LogP contribution is -2.57. The summed E-state index contributed by atoms with van der Waals surface area (Å²) in [6, 6.07) is 9.47. The number of rotatable bonds is 3. The molecule has 2 saturated heterocycles. The second kappa shape index (κ2) is 7.01. The average Bonchev–Trinajstić information content (AvgIpc) is 2.61. The Morgan fingerprint density at radius 3 is 2.78 bits per heavy atom. The van der Waals surface area contributed by atoms with E-state index in [4.69, 9.17) is 10.00 Å². The van der Waals surface area contributed by atoms with Crippen molar-refractivity contribution in [1.82, 2.24) is 9.80 Å². The summed E-state index contributed by atoms with van der Waals surface area (Å²) in [7, 11) is 0. The van der Waals surface area contributed by atoms with Gasteiger partial charge in [0.05, 0.1) is 11.6 Å². The first-order chi connectivity index (χ1) is 11.2. The van der Waals surface area contributed by atoms with Gasteiger partial charge < -0.3 is 9.64 Å². The first-order valence-corrected chi connectivity index (χ1v) is 8.37. The molecule has 2 aliphatic heterocycles. The van der Waals surface area contributed by atoms with Crippen LogP contribution < -0.4 is 4.74 Å². The SMILES string of the molecule is C[C@@H](Oc1ccc(C#N)cc1)C(=O)N1CCN2CCCC[C@@H]2C1. The molecule has 2 aliphatic rings. The first kappa shape index (κ1) is 15.8. The summed E-state index contributed by atoms with van der Waals surface area (Å²) in [5.41, 5.74) is 0.588. The fourth-order valence-corrected chi connectivity index (χ4v) is 3.48. The van der Waals surface area contributed by atoms with Crippen LogP contribution in [0.4, 0.5) is 0 Å². The molecule has 1 amide bonds. The third kappa shape index (κ3) is 3.65. The van der Waals surface area contributed by atoms with Crippen molar-refractivity contribution in [3.63, 3.8) is 0 Å². The molecule has 0 aliphatic carbocycles. The van der Waals surface area contributed by atoms with Gasteiger partial charge in [0.25, 0.3) is 5.91 Å². The predicted octanol–water partition coefficient (Wildman–Crippen LogP) is 2.02. The van der Waals surface area contributed by atoms with Gasteiger partial charge in [-0.05, 0) is 50.6 Å². The van der Waals surface area contributed by atoms with Crippen LogP contribution >= 0.6 is 0 Å². The highest BCUT2D eigenvalue weighted by Crippen LogP contribution is 2.22. The zero-order valence-electron chi connectivity index (χ0n) is 13.6. The van der Waals surface area contributed by atoms with Gasteiger partial charge in [0.2, 0.25) is 0 Å². The standard InChI is InChI=1S/C18H23N3O2/c1-14(23-17-7-5-15(12-19)6-8-17)18(22)21-11-10-20-9-3-2-4-16(20)13-21/h5-8,14,16H,2-4,9-11,13H2,1H3/t14-,16-/m1/s1. The van der Waals surface area contributed by atoms with Gasteiger partial charge in [-0.1, -0.05) is 6.42 Å². The van der Waals surface area contributed by atoms with E-state index in [-0.39, 0.29) is 5.91 Å². The maximum absolute atomic E-state index is 12.6. The van der Waals surface area contributed by atoms with Crippen molar-refractivity contribution in [3.05, 3.63) is 29.8 Å². The van der Waals surface area contributed by atoms with Gasteiger partial charge in [0.15, 0.2) is 6.10 Å². The van der Waals surface area contributed by atoms with Gasteiger partial charge in [-0.3, -0.25) is 9.69 Å². The van der Waals surface area contributed by atoms with E-state index in [2.05, 4.69) is 11.0 Å². The third-order valence-corrected chi connectivity index (χ3v) is 4.79. The molecule has 0 bridgehead atoms. The molecule has 1 aromatic carbocycles. The lowest BCUT2D eigenvalue weighted by atomic mass is 9.99. The number of piperazine rings is 1. The molecule has 0 radical (unpaired) electrons. The molecule has 0 spiro atoms. The Morgan fingerprint density at radius 1 is 1.26 bits per heavy atom. The molecular weight excluding hydrogens is 290 g/mol. The minimum absolute atomic E-state index is 0.0552. The number of nitriles is 1. The van der Waals surface area contributed by atoms with Crippen LogP contribution in [0.3, 0.4) is 0 Å². The highest BCUT2D eigenvalue weighted by Gasteiger charge is 2.33. The zero-order chi connectivity index (χ0) is 16.2. The Kier molecular flexibility index (Phi) is 4.82. The summed E-state index contributed by atoms with van der Waals surface area (Å²) in [6.45, 7) is 5.55. The number of hydrogen-bond donors (Lipinski definition) is 0. The molecule has 23 heavy (non-hydrogen) atoms. The van der Waals surface area contributed by atoms with Gasteiger partial charge in [-0.25, -0.2) is 0 Å². The number of ether oxygens (including phenoxy) is 1. The average molecular weight is 313 g/mol. The van der Waals surface area contributed by atoms with E-state index in [9.17, 15) is 4.79 Å². The number of amides is 1. The lowest BCUT2D eigenvalue weighted by molar-refractivity contribution is -0.141. The van der Waals surface area contributed by atoms with E-state index in [1.807, 2.05) is 4.90 Å². The highest BCUT2D eigenvalue weighted by atomic mass is 16.5. The fourth-order valence-electron chi connectivity index (χ4n) is 3.48. The Morgan fingerprint density at radius 2 is 2.04 bits per heavy atom. The summed E-state index contributed by atoms with van der Waals surface area (Å²) < 4.78 is 5.75. The Labute approximate surface area is 137 Å². The molecule has 2 fully saturated rings. The molecule has 5 heteroatoms. The van der Waals surface area contributed by atoms with Crippen LogP contribution in [-0.4, -0.2) is 54.0 Å². The quantitative estimate of drug-likeness (QED) is 0.857. The van der Waals surface area contributed by atoms with Gasteiger partial charge in [-0.2, -0.15) is 5.26 Å². The zero-order valence-corrected chi connectivity index (χ0v) is 13.6. The maximum Gasteiger partial charge on any atom is 0.263 e. The van der Waals surface area contributed by atoms with Gasteiger partial charge >= 0.3 is 0 Å². The Hall–Kier alpha value is -2.06. The van der Waals surface area contributed by atoms with Crippen LogP contribution in [0.5, 0.6) is 5.75 Å².